The molecule has 1 heterocycles. The Kier molecular flexibility index (Phi) is 6.96. The number of nitrogens with one attached hydrogen (secondary N) is 1. The summed E-state index contributed by atoms with van der Waals surface area (Å²) < 4.78 is 36.6. The molecule has 9 heteroatoms. The molecule has 6 nitrogen and oxygen atoms in total. The lowest BCUT2D eigenvalue weighted by Crippen LogP contribution is -2.30. The maximum absolute atomic E-state index is 12.3. The van der Waals surface area contributed by atoms with Gasteiger partial charge in [-0.25, -0.2) is 0 Å². The zero-order chi connectivity index (χ0) is 19.3. The van der Waals surface area contributed by atoms with Crippen LogP contribution in [0.3, 0.4) is 0 Å². The van der Waals surface area contributed by atoms with Gasteiger partial charge in [-0.3, -0.25) is 9.48 Å². The summed E-state index contributed by atoms with van der Waals surface area (Å²) in [6.45, 7) is 1.36. The van der Waals surface area contributed by atoms with Crippen LogP contribution in [-0.2, 0) is 17.8 Å². The van der Waals surface area contributed by atoms with Crippen LogP contribution >= 0.6 is 15.9 Å². The van der Waals surface area contributed by atoms with Gasteiger partial charge < -0.3 is 14.8 Å². The highest BCUT2D eigenvalue weighted by Crippen LogP contribution is 2.29. The largest absolute Gasteiger partial charge is 0.493 e. The molecule has 1 N–H and O–H groups in total. The Bertz CT molecular complexity index is 781. The predicted octanol–water partition coefficient (Wildman–Crippen LogP) is 3.23. The number of benzene rings is 1. The maximum atomic E-state index is 12.3. The van der Waals surface area contributed by atoms with Crippen molar-refractivity contribution in [3.8, 4) is 11.5 Å². The van der Waals surface area contributed by atoms with E-state index in [0.29, 0.717) is 13.0 Å². The van der Waals surface area contributed by atoms with E-state index in [9.17, 15) is 13.6 Å². The van der Waals surface area contributed by atoms with Gasteiger partial charge in [0.05, 0.1) is 23.0 Å². The monoisotopic (exact) mass is 431 g/mol. The number of rotatable bonds is 8. The molecule has 0 spiro atoms. The molecule has 2 rings (SSSR count). The van der Waals surface area contributed by atoms with E-state index >= 15 is 0 Å². The SMILES string of the molecule is COc1cc(CCNC(=O)Cn2nc(C)c(Br)c2C)ccc1OC(F)F. The number of aromatic nitrogens is 2. The third-order valence-corrected chi connectivity index (χ3v) is 4.91. The minimum absolute atomic E-state index is 0.0228. The van der Waals surface area contributed by atoms with Gasteiger partial charge in [0.15, 0.2) is 11.5 Å². The number of aryl methyl sites for hydroxylation is 1. The number of ether oxygens (including phenoxy) is 2. The molecule has 0 aliphatic carbocycles. The van der Waals surface area contributed by atoms with Gasteiger partial charge >= 0.3 is 6.61 Å². The van der Waals surface area contributed by atoms with Crippen LogP contribution < -0.4 is 14.8 Å². The van der Waals surface area contributed by atoms with Crippen LogP contribution in [0.25, 0.3) is 0 Å². The quantitative estimate of drug-likeness (QED) is 0.696. The first-order valence-electron chi connectivity index (χ1n) is 7.89. The second kappa shape index (κ2) is 8.98. The Hall–Kier alpha value is -2.16. The molecule has 26 heavy (non-hydrogen) atoms. The van der Waals surface area contributed by atoms with Crippen LogP contribution in [0.1, 0.15) is 17.0 Å². The first-order valence-corrected chi connectivity index (χ1v) is 8.69. The normalized spacial score (nSPS) is 10.9. The van der Waals surface area contributed by atoms with E-state index in [1.54, 1.807) is 16.8 Å². The summed E-state index contributed by atoms with van der Waals surface area (Å²) >= 11 is 3.42. The molecule has 142 valence electrons. The van der Waals surface area contributed by atoms with Gasteiger partial charge in [0, 0.05) is 6.54 Å². The van der Waals surface area contributed by atoms with E-state index in [2.05, 4.69) is 31.1 Å². The Morgan fingerprint density at radius 1 is 1.35 bits per heavy atom. The van der Waals surface area contributed by atoms with Crippen LogP contribution in [0.5, 0.6) is 11.5 Å². The zero-order valence-electron chi connectivity index (χ0n) is 14.7. The van der Waals surface area contributed by atoms with E-state index in [1.165, 1.54) is 13.2 Å². The Morgan fingerprint density at radius 3 is 2.65 bits per heavy atom. The number of nitrogens with zero attached hydrogens (tertiary/aromatic N) is 2. The summed E-state index contributed by atoms with van der Waals surface area (Å²) in [5, 5.41) is 7.10. The Morgan fingerprint density at radius 2 is 2.08 bits per heavy atom. The third kappa shape index (κ3) is 5.17. The van der Waals surface area contributed by atoms with E-state index in [-0.39, 0.29) is 24.0 Å². The summed E-state index contributed by atoms with van der Waals surface area (Å²) in [6, 6.07) is 4.70. The molecule has 1 aromatic carbocycles. The van der Waals surface area contributed by atoms with Gasteiger partial charge in [-0.2, -0.15) is 13.9 Å². The van der Waals surface area contributed by atoms with Gasteiger partial charge in [0.25, 0.3) is 0 Å². The van der Waals surface area contributed by atoms with Gasteiger partial charge in [-0.05, 0) is 53.9 Å². The topological polar surface area (TPSA) is 65.4 Å². The summed E-state index contributed by atoms with van der Waals surface area (Å²) in [4.78, 5) is 12.1. The highest BCUT2D eigenvalue weighted by Gasteiger charge is 2.13. The smallest absolute Gasteiger partial charge is 0.387 e. The summed E-state index contributed by atoms with van der Waals surface area (Å²) in [5.74, 6) is 0.0414. The van der Waals surface area contributed by atoms with Crippen LogP contribution in [0.4, 0.5) is 8.78 Å². The number of carbonyl (C=O) groups is 1. The molecule has 0 aliphatic heterocycles. The van der Waals surface area contributed by atoms with Gasteiger partial charge in [-0.1, -0.05) is 6.07 Å². The van der Waals surface area contributed by atoms with Crippen molar-refractivity contribution < 1.29 is 23.0 Å². The number of carbonyl (C=O) groups excluding carboxylic acids is 1. The van der Waals surface area contributed by atoms with Crippen molar-refractivity contribution in [2.24, 2.45) is 0 Å². The van der Waals surface area contributed by atoms with Crippen molar-refractivity contribution >= 4 is 21.8 Å². The van der Waals surface area contributed by atoms with Crippen LogP contribution in [0.2, 0.25) is 0 Å². The van der Waals surface area contributed by atoms with Crippen molar-refractivity contribution in [2.45, 2.75) is 33.4 Å². The second-order valence-corrected chi connectivity index (χ2v) is 6.40. The minimum atomic E-state index is -2.91. The number of alkyl halides is 2. The zero-order valence-corrected chi connectivity index (χ0v) is 16.3. The molecule has 0 saturated carbocycles. The van der Waals surface area contributed by atoms with E-state index in [0.717, 1.165) is 21.4 Å². The van der Waals surface area contributed by atoms with E-state index < -0.39 is 6.61 Å². The molecule has 0 unspecified atom stereocenters. The lowest BCUT2D eigenvalue weighted by Gasteiger charge is -2.12. The number of methoxy groups -OCH3 is 1. The highest BCUT2D eigenvalue weighted by molar-refractivity contribution is 9.10. The Balaban J connectivity index is 1.88. The minimum Gasteiger partial charge on any atom is -0.493 e. The summed E-state index contributed by atoms with van der Waals surface area (Å²) in [5.41, 5.74) is 2.54. The average molecular weight is 432 g/mol. The molecule has 0 fully saturated rings. The van der Waals surface area contributed by atoms with E-state index in [4.69, 9.17) is 4.74 Å². The van der Waals surface area contributed by atoms with Crippen molar-refractivity contribution in [1.29, 1.82) is 0 Å². The molecule has 0 atom stereocenters. The summed E-state index contributed by atoms with van der Waals surface area (Å²) in [6.07, 6.45) is 0.526. The number of halogens is 3. The van der Waals surface area contributed by atoms with Gasteiger partial charge in [0.2, 0.25) is 5.91 Å². The number of hydrogen-bond acceptors (Lipinski definition) is 4. The molecule has 1 aromatic heterocycles. The van der Waals surface area contributed by atoms with Crippen molar-refractivity contribution in [1.82, 2.24) is 15.1 Å². The van der Waals surface area contributed by atoms with Gasteiger partial charge in [0.1, 0.15) is 6.54 Å². The molecule has 0 bridgehead atoms. The maximum Gasteiger partial charge on any atom is 0.387 e. The van der Waals surface area contributed by atoms with E-state index in [1.807, 2.05) is 13.8 Å². The first kappa shape index (κ1) is 20.2. The highest BCUT2D eigenvalue weighted by atomic mass is 79.9. The first-order chi connectivity index (χ1) is 12.3. The number of hydrogen-bond donors (Lipinski definition) is 1. The lowest BCUT2D eigenvalue weighted by molar-refractivity contribution is -0.121. The molecule has 2 aromatic rings. The molecular weight excluding hydrogens is 412 g/mol. The molecule has 0 aliphatic rings. The Labute approximate surface area is 158 Å². The fourth-order valence-electron chi connectivity index (χ4n) is 2.43. The second-order valence-electron chi connectivity index (χ2n) is 5.61. The standard InChI is InChI=1S/C17H20BrF2N3O3/c1-10-16(18)11(2)23(22-10)9-15(24)21-7-6-12-4-5-13(26-17(19)20)14(8-12)25-3/h4-5,8,17H,6-7,9H2,1-3H3,(H,21,24). The molecule has 0 saturated heterocycles. The van der Waals surface area contributed by atoms with Crippen molar-refractivity contribution in [3.63, 3.8) is 0 Å². The predicted molar refractivity (Wildman–Crippen MR) is 95.7 cm³/mol. The van der Waals surface area contributed by atoms with Gasteiger partial charge in [-0.15, -0.1) is 0 Å². The lowest BCUT2D eigenvalue weighted by atomic mass is 10.1. The molecule has 0 radical (unpaired) electrons. The van der Waals surface area contributed by atoms with Crippen molar-refractivity contribution in [3.05, 3.63) is 39.6 Å². The third-order valence-electron chi connectivity index (χ3n) is 3.77. The molecular formula is C17H20BrF2N3O3. The van der Waals surface area contributed by atoms with Crippen LogP contribution in [0, 0.1) is 13.8 Å². The summed E-state index contributed by atoms with van der Waals surface area (Å²) in [7, 11) is 1.38. The van der Waals surface area contributed by atoms with Crippen LogP contribution in [-0.4, -0.2) is 36.0 Å². The fourth-order valence-corrected chi connectivity index (χ4v) is 2.71. The average Bonchev–Trinajstić information content (AvgIpc) is 2.82. The number of amides is 1. The van der Waals surface area contributed by atoms with Crippen LogP contribution in [0.15, 0.2) is 22.7 Å². The fraction of sp³-hybridized carbons (Fsp3) is 0.412. The molecule has 1 amide bonds. The van der Waals surface area contributed by atoms with Crippen molar-refractivity contribution in [2.75, 3.05) is 13.7 Å².